The van der Waals surface area contributed by atoms with E-state index in [0.717, 1.165) is 0 Å². The second-order valence-electron chi connectivity index (χ2n) is 1.78. The van der Waals surface area contributed by atoms with E-state index in [-0.39, 0.29) is 67.9 Å². The average molecular weight is 290 g/mol. The third kappa shape index (κ3) is 3.16. The SMILES string of the molecule is Clc1cc(Cl)c(Cl)c(Cl)c1Cl.[H-].[K+]. The zero-order chi connectivity index (χ0) is 8.59. The van der Waals surface area contributed by atoms with Gasteiger partial charge in [-0.3, -0.25) is 0 Å². The fourth-order valence-electron chi connectivity index (χ4n) is 0.544. The van der Waals surface area contributed by atoms with Crippen LogP contribution in [-0.4, -0.2) is 0 Å². The van der Waals surface area contributed by atoms with Crippen LogP contribution in [0, 0.1) is 0 Å². The molecule has 1 rings (SSSR count). The van der Waals surface area contributed by atoms with Crippen LogP contribution in [0.25, 0.3) is 0 Å². The molecule has 6 heteroatoms. The molecule has 0 spiro atoms. The molecule has 0 unspecified atom stereocenters. The summed E-state index contributed by atoms with van der Waals surface area (Å²) < 4.78 is 0. The minimum Gasteiger partial charge on any atom is -1.00 e. The van der Waals surface area contributed by atoms with E-state index in [0.29, 0.717) is 10.0 Å². The van der Waals surface area contributed by atoms with Gasteiger partial charge in [0, 0.05) is 0 Å². The molecule has 0 saturated carbocycles. The van der Waals surface area contributed by atoms with Gasteiger partial charge in [0.15, 0.2) is 0 Å². The van der Waals surface area contributed by atoms with Gasteiger partial charge in [-0.2, -0.15) is 0 Å². The van der Waals surface area contributed by atoms with E-state index in [4.69, 9.17) is 58.0 Å². The monoisotopic (exact) mass is 288 g/mol. The minimum absolute atomic E-state index is 0. The molecule has 0 radical (unpaired) electrons. The van der Waals surface area contributed by atoms with Crippen LogP contribution in [-0.2, 0) is 0 Å². The Labute approximate surface area is 139 Å². The molecule has 0 heterocycles. The van der Waals surface area contributed by atoms with Crippen molar-refractivity contribution in [3.63, 3.8) is 0 Å². The molecular formula is C6H2Cl5K. The van der Waals surface area contributed by atoms with Crippen molar-refractivity contribution < 1.29 is 52.8 Å². The summed E-state index contributed by atoms with van der Waals surface area (Å²) in [5.74, 6) is 0. The predicted octanol–water partition coefficient (Wildman–Crippen LogP) is 2.07. The molecule has 0 aromatic heterocycles. The summed E-state index contributed by atoms with van der Waals surface area (Å²) in [5, 5.41) is 1.23. The predicted molar refractivity (Wildman–Crippen MR) is 52.6 cm³/mol. The van der Waals surface area contributed by atoms with Crippen LogP contribution in [0.5, 0.6) is 0 Å². The molecule has 62 valence electrons. The van der Waals surface area contributed by atoms with Gasteiger partial charge in [-0.1, -0.05) is 58.0 Å². The molecule has 0 atom stereocenters. The van der Waals surface area contributed by atoms with Crippen LogP contribution >= 0.6 is 58.0 Å². The van der Waals surface area contributed by atoms with E-state index in [2.05, 4.69) is 0 Å². The van der Waals surface area contributed by atoms with Crippen molar-refractivity contribution in [2.45, 2.75) is 0 Å². The Morgan fingerprint density at radius 3 is 1.42 bits per heavy atom. The van der Waals surface area contributed by atoms with Crippen LogP contribution < -0.4 is 51.4 Å². The maximum atomic E-state index is 5.66. The summed E-state index contributed by atoms with van der Waals surface area (Å²) in [6.45, 7) is 0. The van der Waals surface area contributed by atoms with Crippen molar-refractivity contribution in [1.82, 2.24) is 0 Å². The largest absolute Gasteiger partial charge is 1.00 e. The first-order valence-corrected chi connectivity index (χ1v) is 4.41. The Hall–Kier alpha value is 2.31. The summed E-state index contributed by atoms with van der Waals surface area (Å²) >= 11 is 28.2. The van der Waals surface area contributed by atoms with Gasteiger partial charge in [-0.05, 0) is 6.07 Å². The Kier molecular flexibility index (Phi) is 7.17. The average Bonchev–Trinajstić information content (AvgIpc) is 1.97. The Morgan fingerprint density at radius 2 is 1.08 bits per heavy atom. The van der Waals surface area contributed by atoms with Crippen LogP contribution in [0.2, 0.25) is 25.1 Å². The van der Waals surface area contributed by atoms with Gasteiger partial charge in [0.1, 0.15) is 0 Å². The second-order valence-corrected chi connectivity index (χ2v) is 3.73. The smallest absolute Gasteiger partial charge is 1.00 e. The summed E-state index contributed by atoms with van der Waals surface area (Å²) in [6, 6.07) is 1.44. The van der Waals surface area contributed by atoms with E-state index in [1.54, 1.807) is 0 Å². The van der Waals surface area contributed by atoms with Crippen LogP contribution in [0.4, 0.5) is 0 Å². The minimum atomic E-state index is 0. The van der Waals surface area contributed by atoms with E-state index < -0.39 is 0 Å². The first-order chi connectivity index (χ1) is 5.04. The fraction of sp³-hybridized carbons (Fsp3) is 0. The molecular weight excluding hydrogens is 288 g/mol. The molecule has 0 aliphatic carbocycles. The standard InChI is InChI=1S/C6HCl5.K.H/c7-2-1-3(8)5(10)6(11)4(2)9;;/h1H;;/q;+1;-1. The van der Waals surface area contributed by atoms with Gasteiger partial charge < -0.3 is 1.43 Å². The first-order valence-electron chi connectivity index (χ1n) is 2.52. The molecule has 0 bridgehead atoms. The first kappa shape index (κ1) is 14.3. The third-order valence-corrected chi connectivity index (χ3v) is 3.20. The van der Waals surface area contributed by atoms with Crippen LogP contribution in [0.3, 0.4) is 0 Å². The number of rotatable bonds is 0. The van der Waals surface area contributed by atoms with Crippen molar-refractivity contribution in [2.75, 3.05) is 0 Å². The van der Waals surface area contributed by atoms with Gasteiger partial charge in [0.2, 0.25) is 0 Å². The molecule has 0 fully saturated rings. The molecule has 1 aromatic rings. The number of hydrogen-bond donors (Lipinski definition) is 0. The summed E-state index contributed by atoms with van der Waals surface area (Å²) in [6.07, 6.45) is 0. The van der Waals surface area contributed by atoms with Crippen molar-refractivity contribution in [3.8, 4) is 0 Å². The third-order valence-electron chi connectivity index (χ3n) is 1.06. The molecule has 0 nitrogen and oxygen atoms in total. The Morgan fingerprint density at radius 1 is 0.750 bits per heavy atom. The molecule has 0 aliphatic rings. The molecule has 0 amide bonds. The van der Waals surface area contributed by atoms with Crippen molar-refractivity contribution in [3.05, 3.63) is 31.2 Å². The van der Waals surface area contributed by atoms with Gasteiger partial charge in [0.05, 0.1) is 25.1 Å². The normalized spacial score (nSPS) is 9.42. The van der Waals surface area contributed by atoms with E-state index in [9.17, 15) is 0 Å². The van der Waals surface area contributed by atoms with Crippen molar-refractivity contribution in [2.24, 2.45) is 0 Å². The zero-order valence-electron chi connectivity index (χ0n) is 6.97. The van der Waals surface area contributed by atoms with Gasteiger partial charge >= 0.3 is 51.4 Å². The number of benzene rings is 1. The maximum absolute atomic E-state index is 5.66. The van der Waals surface area contributed by atoms with E-state index in [1.165, 1.54) is 6.07 Å². The molecule has 12 heavy (non-hydrogen) atoms. The molecule has 1 aromatic carbocycles. The Balaban J connectivity index is 0. The Bertz CT molecular complexity index is 277. The van der Waals surface area contributed by atoms with E-state index in [1.807, 2.05) is 0 Å². The van der Waals surface area contributed by atoms with Gasteiger partial charge in [-0.15, -0.1) is 0 Å². The summed E-state index contributed by atoms with van der Waals surface area (Å²) in [4.78, 5) is 0. The van der Waals surface area contributed by atoms with E-state index >= 15 is 0 Å². The quantitative estimate of drug-likeness (QED) is 0.390. The maximum Gasteiger partial charge on any atom is 1.00 e. The van der Waals surface area contributed by atoms with Gasteiger partial charge in [-0.25, -0.2) is 0 Å². The van der Waals surface area contributed by atoms with Crippen LogP contribution in [0.15, 0.2) is 6.07 Å². The van der Waals surface area contributed by atoms with Gasteiger partial charge in [0.25, 0.3) is 0 Å². The topological polar surface area (TPSA) is 0 Å². The number of hydrogen-bond acceptors (Lipinski definition) is 0. The number of halogens is 5. The fourth-order valence-corrected chi connectivity index (χ4v) is 1.65. The molecule has 0 N–H and O–H groups in total. The summed E-state index contributed by atoms with van der Waals surface area (Å²) in [5.41, 5.74) is 0. The van der Waals surface area contributed by atoms with Crippen molar-refractivity contribution >= 4 is 58.0 Å². The van der Waals surface area contributed by atoms with Crippen LogP contribution in [0.1, 0.15) is 1.43 Å². The summed E-state index contributed by atoms with van der Waals surface area (Å²) in [7, 11) is 0. The second kappa shape index (κ2) is 6.01. The molecule has 0 saturated heterocycles. The zero-order valence-corrected chi connectivity index (χ0v) is 12.9. The molecule has 0 aliphatic heterocycles. The van der Waals surface area contributed by atoms with Crippen molar-refractivity contribution in [1.29, 1.82) is 0 Å².